The van der Waals surface area contributed by atoms with Crippen molar-refractivity contribution in [2.75, 3.05) is 11.9 Å². The largest absolute Gasteiger partial charge is 0.379 e. The minimum absolute atomic E-state index is 0.0928. The predicted molar refractivity (Wildman–Crippen MR) is 68.8 cm³/mol. The van der Waals surface area contributed by atoms with E-state index in [0.29, 0.717) is 18.8 Å². The molecule has 0 atom stereocenters. The number of aromatic nitrogens is 4. The van der Waals surface area contributed by atoms with Crippen LogP contribution in [0.1, 0.15) is 5.82 Å². The van der Waals surface area contributed by atoms with Crippen molar-refractivity contribution in [3.8, 4) is 12.3 Å². The lowest BCUT2D eigenvalue weighted by molar-refractivity contribution is 0.410. The zero-order valence-corrected chi connectivity index (χ0v) is 10.6. The van der Waals surface area contributed by atoms with Gasteiger partial charge in [-0.15, -0.1) is 6.42 Å². The summed E-state index contributed by atoms with van der Waals surface area (Å²) in [7, 11) is 0. The third-order valence-electron chi connectivity index (χ3n) is 2.30. The van der Waals surface area contributed by atoms with E-state index in [-0.39, 0.29) is 22.8 Å². The number of nitrogens with zero attached hydrogens (tertiary/aromatic N) is 4. The summed E-state index contributed by atoms with van der Waals surface area (Å²) in [5, 5.41) is 10.7. The molecular weight excluding hydrogens is 270 g/mol. The van der Waals surface area contributed by atoms with Crippen LogP contribution in [0.15, 0.2) is 21.9 Å². The Hall–Kier alpha value is -2.33. The van der Waals surface area contributed by atoms with E-state index < -0.39 is 0 Å². The zero-order chi connectivity index (χ0) is 13.7. The van der Waals surface area contributed by atoms with Crippen LogP contribution in [-0.2, 0) is 13.0 Å². The summed E-state index contributed by atoms with van der Waals surface area (Å²) in [6.45, 7) is 0.532. The summed E-state index contributed by atoms with van der Waals surface area (Å²) in [6.07, 6.45) is 8.27. The smallest absolute Gasteiger partial charge is 0.292 e. The summed E-state index contributed by atoms with van der Waals surface area (Å²) in [5.41, 5.74) is -0.103. The first-order valence-electron chi connectivity index (χ1n) is 5.40. The van der Waals surface area contributed by atoms with Crippen molar-refractivity contribution < 1.29 is 4.52 Å². The number of terminal acetylenes is 1. The van der Waals surface area contributed by atoms with E-state index in [9.17, 15) is 4.79 Å². The van der Waals surface area contributed by atoms with Crippen LogP contribution in [0, 0.1) is 12.3 Å². The van der Waals surface area contributed by atoms with Crippen LogP contribution in [0.5, 0.6) is 0 Å². The molecule has 2 heterocycles. The monoisotopic (exact) mass is 279 g/mol. The maximum absolute atomic E-state index is 12.0. The minimum atomic E-state index is -0.362. The van der Waals surface area contributed by atoms with Gasteiger partial charge in [-0.2, -0.15) is 10.1 Å². The first-order valence-corrected chi connectivity index (χ1v) is 5.78. The van der Waals surface area contributed by atoms with Gasteiger partial charge in [0.2, 0.25) is 6.39 Å². The molecular formula is C11H10ClN5O2. The molecule has 0 spiro atoms. The van der Waals surface area contributed by atoms with Gasteiger partial charge in [-0.05, 0) is 0 Å². The van der Waals surface area contributed by atoms with Crippen LogP contribution in [0.25, 0.3) is 0 Å². The molecule has 7 nitrogen and oxygen atoms in total. The second kappa shape index (κ2) is 6.02. The minimum Gasteiger partial charge on any atom is -0.379 e. The maximum Gasteiger partial charge on any atom is 0.292 e. The number of rotatable bonds is 5. The molecule has 19 heavy (non-hydrogen) atoms. The van der Waals surface area contributed by atoms with E-state index in [0.717, 1.165) is 4.68 Å². The van der Waals surface area contributed by atoms with Gasteiger partial charge in [-0.1, -0.05) is 22.7 Å². The van der Waals surface area contributed by atoms with Gasteiger partial charge >= 0.3 is 0 Å². The number of hydrogen-bond acceptors (Lipinski definition) is 6. The van der Waals surface area contributed by atoms with Crippen molar-refractivity contribution >= 4 is 17.3 Å². The quantitative estimate of drug-likeness (QED) is 0.805. The van der Waals surface area contributed by atoms with Crippen molar-refractivity contribution in [3.63, 3.8) is 0 Å². The summed E-state index contributed by atoms with van der Waals surface area (Å²) in [4.78, 5) is 15.8. The van der Waals surface area contributed by atoms with Gasteiger partial charge in [0.05, 0.1) is 11.2 Å². The number of anilines is 1. The number of nitrogens with one attached hydrogen (secondary N) is 1. The fourth-order valence-electron chi connectivity index (χ4n) is 1.43. The molecule has 98 valence electrons. The third kappa shape index (κ3) is 3.11. The third-order valence-corrected chi connectivity index (χ3v) is 2.58. The lowest BCUT2D eigenvalue weighted by Crippen LogP contribution is -2.26. The second-order valence-electron chi connectivity index (χ2n) is 3.56. The van der Waals surface area contributed by atoms with Gasteiger partial charge in [0.1, 0.15) is 12.2 Å². The molecule has 2 rings (SSSR count). The Morgan fingerprint density at radius 2 is 2.42 bits per heavy atom. The van der Waals surface area contributed by atoms with Crippen molar-refractivity contribution in [2.45, 2.75) is 13.0 Å². The first kappa shape index (κ1) is 13.1. The van der Waals surface area contributed by atoms with Gasteiger partial charge in [-0.3, -0.25) is 4.79 Å². The van der Waals surface area contributed by atoms with Gasteiger partial charge < -0.3 is 9.84 Å². The van der Waals surface area contributed by atoms with Crippen LogP contribution in [0.3, 0.4) is 0 Å². The Labute approximate surface area is 113 Å². The molecule has 0 aliphatic rings. The molecule has 2 aromatic rings. The topological polar surface area (TPSA) is 85.8 Å². The Morgan fingerprint density at radius 1 is 1.58 bits per heavy atom. The normalized spacial score (nSPS) is 10.1. The molecule has 0 aliphatic heterocycles. The number of halogens is 1. The van der Waals surface area contributed by atoms with Crippen LogP contribution in [-0.4, -0.2) is 26.5 Å². The van der Waals surface area contributed by atoms with Crippen LogP contribution in [0.4, 0.5) is 5.69 Å². The zero-order valence-electron chi connectivity index (χ0n) is 9.84. The average Bonchev–Trinajstić information content (AvgIpc) is 2.90. The number of hydrogen-bond donors (Lipinski definition) is 1. The van der Waals surface area contributed by atoms with Gasteiger partial charge in [-0.25, -0.2) is 4.68 Å². The van der Waals surface area contributed by atoms with E-state index in [1.54, 1.807) is 0 Å². The van der Waals surface area contributed by atoms with Crippen molar-refractivity contribution in [3.05, 3.63) is 33.8 Å². The van der Waals surface area contributed by atoms with Crippen LogP contribution >= 0.6 is 11.6 Å². The fourth-order valence-corrected chi connectivity index (χ4v) is 1.62. The summed E-state index contributed by atoms with van der Waals surface area (Å²) >= 11 is 5.92. The van der Waals surface area contributed by atoms with E-state index in [4.69, 9.17) is 18.0 Å². The fraction of sp³-hybridized carbons (Fsp3) is 0.273. The molecule has 2 aromatic heterocycles. The van der Waals surface area contributed by atoms with Crippen LogP contribution < -0.4 is 10.9 Å². The summed E-state index contributed by atoms with van der Waals surface area (Å²) < 4.78 is 5.76. The molecule has 0 radical (unpaired) electrons. The van der Waals surface area contributed by atoms with E-state index in [2.05, 4.69) is 31.0 Å². The molecule has 0 fully saturated rings. The molecule has 8 heteroatoms. The van der Waals surface area contributed by atoms with Gasteiger partial charge in [0.15, 0.2) is 5.82 Å². The standard InChI is InChI=1S/C11H10ClN5O2/c1-2-5-17-11(18)10(8(12)6-15-17)13-4-3-9-14-7-19-16-9/h1,6-7,13H,3-5H2. The van der Waals surface area contributed by atoms with E-state index >= 15 is 0 Å². The SMILES string of the molecule is C#CCn1ncc(Cl)c(NCCc2ncon2)c1=O. The average molecular weight is 280 g/mol. The van der Waals surface area contributed by atoms with E-state index in [1.807, 2.05) is 0 Å². The van der Waals surface area contributed by atoms with E-state index in [1.165, 1.54) is 12.6 Å². The lowest BCUT2D eigenvalue weighted by atomic mass is 10.3. The highest BCUT2D eigenvalue weighted by molar-refractivity contribution is 6.32. The van der Waals surface area contributed by atoms with Gasteiger partial charge in [0, 0.05) is 13.0 Å². The molecule has 0 unspecified atom stereocenters. The Balaban J connectivity index is 2.09. The molecule has 0 saturated heterocycles. The van der Waals surface area contributed by atoms with Crippen LogP contribution in [0.2, 0.25) is 5.02 Å². The Morgan fingerprint density at radius 3 is 3.11 bits per heavy atom. The summed E-state index contributed by atoms with van der Waals surface area (Å²) in [5.74, 6) is 2.89. The Kier molecular flexibility index (Phi) is 4.15. The van der Waals surface area contributed by atoms with Crippen molar-refractivity contribution in [1.29, 1.82) is 0 Å². The highest BCUT2D eigenvalue weighted by atomic mass is 35.5. The summed E-state index contributed by atoms with van der Waals surface area (Å²) in [6, 6.07) is 0. The molecule has 0 bridgehead atoms. The Bertz CT molecular complexity index is 644. The molecule has 1 N–H and O–H groups in total. The predicted octanol–water partition coefficient (Wildman–Crippen LogP) is 0.567. The van der Waals surface area contributed by atoms with Crippen molar-refractivity contribution in [1.82, 2.24) is 19.9 Å². The van der Waals surface area contributed by atoms with Crippen molar-refractivity contribution in [2.24, 2.45) is 0 Å². The molecule has 0 aliphatic carbocycles. The first-order chi connectivity index (χ1) is 9.22. The lowest BCUT2D eigenvalue weighted by Gasteiger charge is -2.08. The highest BCUT2D eigenvalue weighted by Crippen LogP contribution is 2.14. The molecule has 0 amide bonds. The molecule has 0 saturated carbocycles. The molecule has 0 aromatic carbocycles. The maximum atomic E-state index is 12.0. The van der Waals surface area contributed by atoms with Gasteiger partial charge in [0.25, 0.3) is 5.56 Å². The second-order valence-corrected chi connectivity index (χ2v) is 3.97. The highest BCUT2D eigenvalue weighted by Gasteiger charge is 2.09.